The lowest BCUT2D eigenvalue weighted by Gasteiger charge is -2.23. The summed E-state index contributed by atoms with van der Waals surface area (Å²) >= 11 is 0. The van der Waals surface area contributed by atoms with Gasteiger partial charge in [-0.15, -0.1) is 0 Å². The summed E-state index contributed by atoms with van der Waals surface area (Å²) in [6.07, 6.45) is 7.22. The van der Waals surface area contributed by atoms with Gasteiger partial charge in [0.15, 0.2) is 0 Å². The van der Waals surface area contributed by atoms with Gasteiger partial charge < -0.3 is 5.32 Å². The van der Waals surface area contributed by atoms with E-state index in [1.54, 1.807) is 0 Å². The molecule has 1 heterocycles. The van der Waals surface area contributed by atoms with Crippen LogP contribution in [-0.2, 0) is 0 Å². The van der Waals surface area contributed by atoms with Crippen molar-refractivity contribution < 1.29 is 0 Å². The third kappa shape index (κ3) is 2.78. The number of nitrogens with one attached hydrogen (secondary N) is 1. The van der Waals surface area contributed by atoms with E-state index < -0.39 is 0 Å². The third-order valence-electron chi connectivity index (χ3n) is 2.88. The molecular weight excluding hydrogens is 146 g/mol. The van der Waals surface area contributed by atoms with Crippen molar-refractivity contribution in [2.75, 3.05) is 13.1 Å². The monoisotopic (exact) mass is 169 g/mol. The summed E-state index contributed by atoms with van der Waals surface area (Å²) < 4.78 is 0. The first kappa shape index (κ1) is 10.0. The Hall–Kier alpha value is -0.0400. The van der Waals surface area contributed by atoms with E-state index in [2.05, 4.69) is 19.2 Å². The van der Waals surface area contributed by atoms with Crippen LogP contribution in [0.15, 0.2) is 0 Å². The fraction of sp³-hybridized carbons (Fsp3) is 1.00. The molecule has 0 unspecified atom stereocenters. The predicted octanol–water partition coefficient (Wildman–Crippen LogP) is 2.81. The van der Waals surface area contributed by atoms with Crippen LogP contribution in [0.4, 0.5) is 0 Å². The van der Waals surface area contributed by atoms with Gasteiger partial charge in [-0.3, -0.25) is 0 Å². The van der Waals surface area contributed by atoms with Gasteiger partial charge in [0.25, 0.3) is 0 Å². The molecule has 0 aromatic carbocycles. The van der Waals surface area contributed by atoms with Gasteiger partial charge in [0.2, 0.25) is 0 Å². The van der Waals surface area contributed by atoms with Crippen LogP contribution in [0.2, 0.25) is 0 Å². The molecule has 2 aliphatic rings. The smallest absolute Gasteiger partial charge is 0.00173 e. The van der Waals surface area contributed by atoms with Gasteiger partial charge in [-0.05, 0) is 37.8 Å². The van der Waals surface area contributed by atoms with E-state index in [1.165, 1.54) is 45.2 Å². The van der Waals surface area contributed by atoms with Crippen molar-refractivity contribution in [2.24, 2.45) is 11.8 Å². The van der Waals surface area contributed by atoms with Crippen molar-refractivity contribution in [3.05, 3.63) is 0 Å². The maximum absolute atomic E-state index is 3.46. The molecule has 2 rings (SSSR count). The minimum atomic E-state index is 1.05. The van der Waals surface area contributed by atoms with E-state index in [0.717, 1.165) is 11.8 Å². The number of rotatable bonds is 0. The first-order chi connectivity index (χ1) is 5.88. The summed E-state index contributed by atoms with van der Waals surface area (Å²) in [4.78, 5) is 0. The Bertz CT molecular complexity index is 99.6. The molecule has 1 nitrogen and oxygen atoms in total. The highest BCUT2D eigenvalue weighted by Crippen LogP contribution is 2.31. The third-order valence-corrected chi connectivity index (χ3v) is 2.88. The van der Waals surface area contributed by atoms with Crippen LogP contribution in [0, 0.1) is 11.8 Å². The van der Waals surface area contributed by atoms with Crippen LogP contribution in [0.25, 0.3) is 0 Å². The van der Waals surface area contributed by atoms with Crippen molar-refractivity contribution in [3.63, 3.8) is 0 Å². The summed E-state index contributed by atoms with van der Waals surface area (Å²) in [5.41, 5.74) is 0. The molecule has 0 aromatic rings. The second kappa shape index (κ2) is 5.58. The van der Waals surface area contributed by atoms with Crippen molar-refractivity contribution >= 4 is 0 Å². The van der Waals surface area contributed by atoms with E-state index in [9.17, 15) is 0 Å². The average molecular weight is 169 g/mol. The Labute approximate surface area is 76.9 Å². The molecule has 0 radical (unpaired) electrons. The van der Waals surface area contributed by atoms with Gasteiger partial charge in [0, 0.05) is 0 Å². The zero-order chi connectivity index (χ0) is 8.81. The van der Waals surface area contributed by atoms with Gasteiger partial charge in [-0.25, -0.2) is 0 Å². The number of hydrogen-bond acceptors (Lipinski definition) is 1. The van der Waals surface area contributed by atoms with E-state index in [-0.39, 0.29) is 0 Å². The maximum atomic E-state index is 3.46. The molecule has 1 saturated carbocycles. The highest BCUT2D eigenvalue weighted by molar-refractivity contribution is 4.83. The second-order valence-electron chi connectivity index (χ2n) is 4.17. The van der Waals surface area contributed by atoms with Gasteiger partial charge >= 0.3 is 0 Å². The molecule has 0 bridgehead atoms. The first-order valence-corrected chi connectivity index (χ1v) is 5.59. The van der Waals surface area contributed by atoms with Crippen molar-refractivity contribution in [1.29, 1.82) is 0 Å². The zero-order valence-electron chi connectivity index (χ0n) is 8.60. The zero-order valence-corrected chi connectivity index (χ0v) is 8.60. The molecule has 2 atom stereocenters. The van der Waals surface area contributed by atoms with Crippen LogP contribution in [0.3, 0.4) is 0 Å². The Morgan fingerprint density at radius 1 is 1.00 bits per heavy atom. The minimum Gasteiger partial charge on any atom is -0.316 e. The fourth-order valence-electron chi connectivity index (χ4n) is 2.28. The molecule has 72 valence electrons. The Balaban J connectivity index is 0.000000213. The molecule has 1 saturated heterocycles. The molecule has 0 amide bonds. The minimum absolute atomic E-state index is 1.05. The molecule has 0 spiro atoms. The molecule has 12 heavy (non-hydrogen) atoms. The summed E-state index contributed by atoms with van der Waals surface area (Å²) in [7, 11) is 0. The summed E-state index contributed by atoms with van der Waals surface area (Å²) in [6.45, 7) is 6.87. The number of fused-ring (bicyclic) bond motifs is 1. The Morgan fingerprint density at radius 3 is 1.83 bits per heavy atom. The molecule has 1 N–H and O–H groups in total. The van der Waals surface area contributed by atoms with E-state index in [1.807, 2.05) is 0 Å². The topological polar surface area (TPSA) is 12.0 Å². The van der Waals surface area contributed by atoms with Gasteiger partial charge in [0.1, 0.15) is 0 Å². The lowest BCUT2D eigenvalue weighted by atomic mass is 9.82. The van der Waals surface area contributed by atoms with Crippen LogP contribution in [0.5, 0.6) is 0 Å². The highest BCUT2D eigenvalue weighted by Gasteiger charge is 2.28. The Kier molecular flexibility index (Phi) is 4.67. The summed E-state index contributed by atoms with van der Waals surface area (Å²) in [5.74, 6) is 2.11. The van der Waals surface area contributed by atoms with Crippen LogP contribution >= 0.6 is 0 Å². The van der Waals surface area contributed by atoms with E-state index in [0.29, 0.717) is 0 Å². The summed E-state index contributed by atoms with van der Waals surface area (Å²) in [5, 5.41) is 3.46. The maximum Gasteiger partial charge on any atom is -0.00173 e. The van der Waals surface area contributed by atoms with Gasteiger partial charge in [0.05, 0.1) is 0 Å². The predicted molar refractivity (Wildman–Crippen MR) is 54.3 cm³/mol. The normalized spacial score (nSPS) is 33.5. The SMILES string of the molecule is C1CC[C@H]2CNC[C@H]2C1.CCC. The summed E-state index contributed by atoms with van der Waals surface area (Å²) in [6, 6.07) is 0. The average Bonchev–Trinajstić information content (AvgIpc) is 2.52. The quantitative estimate of drug-likeness (QED) is 0.588. The molecule has 1 heteroatoms. The van der Waals surface area contributed by atoms with E-state index >= 15 is 0 Å². The molecular formula is C11H23N. The van der Waals surface area contributed by atoms with Gasteiger partial charge in [-0.2, -0.15) is 0 Å². The second-order valence-corrected chi connectivity index (χ2v) is 4.17. The van der Waals surface area contributed by atoms with Crippen LogP contribution in [-0.4, -0.2) is 13.1 Å². The standard InChI is InChI=1S/C8H15N.C3H8/c1-2-4-8-6-9-5-7(8)3-1;1-3-2/h7-9H,1-6H2;3H2,1-2H3/t7-,8+;. The first-order valence-electron chi connectivity index (χ1n) is 5.59. The van der Waals surface area contributed by atoms with Gasteiger partial charge in [-0.1, -0.05) is 33.1 Å². The fourth-order valence-corrected chi connectivity index (χ4v) is 2.28. The molecule has 1 aliphatic heterocycles. The molecule has 1 aliphatic carbocycles. The van der Waals surface area contributed by atoms with Crippen molar-refractivity contribution in [1.82, 2.24) is 5.32 Å². The molecule has 2 fully saturated rings. The van der Waals surface area contributed by atoms with Crippen molar-refractivity contribution in [3.8, 4) is 0 Å². The van der Waals surface area contributed by atoms with Crippen LogP contribution < -0.4 is 5.32 Å². The number of hydrogen-bond donors (Lipinski definition) is 1. The lowest BCUT2D eigenvalue weighted by Crippen LogP contribution is -2.16. The van der Waals surface area contributed by atoms with Crippen molar-refractivity contribution in [2.45, 2.75) is 46.0 Å². The largest absolute Gasteiger partial charge is 0.316 e. The Morgan fingerprint density at radius 2 is 1.42 bits per heavy atom. The van der Waals surface area contributed by atoms with E-state index in [4.69, 9.17) is 0 Å². The molecule has 0 aromatic heterocycles. The highest BCUT2D eigenvalue weighted by atomic mass is 14.9. The van der Waals surface area contributed by atoms with Crippen LogP contribution in [0.1, 0.15) is 46.0 Å². The lowest BCUT2D eigenvalue weighted by molar-refractivity contribution is 0.299.